The van der Waals surface area contributed by atoms with E-state index in [1.165, 1.54) is 6.92 Å². The summed E-state index contributed by atoms with van der Waals surface area (Å²) >= 11 is 0. The fourth-order valence-corrected chi connectivity index (χ4v) is 2.87. The van der Waals surface area contributed by atoms with Crippen LogP contribution in [-0.2, 0) is 14.3 Å². The zero-order chi connectivity index (χ0) is 21.4. The molecular weight excluding hydrogens is 366 g/mol. The molecule has 0 aliphatic rings. The highest BCUT2D eigenvalue weighted by Gasteiger charge is 2.23. The van der Waals surface area contributed by atoms with Gasteiger partial charge < -0.3 is 30.5 Å². The highest BCUT2D eigenvalue weighted by molar-refractivity contribution is 5.75. The molecule has 0 aliphatic carbocycles. The van der Waals surface area contributed by atoms with Crippen LogP contribution in [0.2, 0.25) is 0 Å². The summed E-state index contributed by atoms with van der Waals surface area (Å²) in [5, 5.41) is 39.7. The lowest BCUT2D eigenvalue weighted by Crippen LogP contribution is -2.42. The van der Waals surface area contributed by atoms with Gasteiger partial charge in [-0.3, -0.25) is 9.59 Å². The van der Waals surface area contributed by atoms with E-state index in [2.05, 4.69) is 5.32 Å². The Morgan fingerprint density at radius 3 is 1.86 bits per heavy atom. The third-order valence-corrected chi connectivity index (χ3v) is 4.66. The van der Waals surface area contributed by atoms with Crippen LogP contribution in [0, 0.1) is 0 Å². The minimum atomic E-state index is -1.05. The number of carbonyl (C=O) groups excluding carboxylic acids is 1. The van der Waals surface area contributed by atoms with Gasteiger partial charge in [-0.05, 0) is 26.7 Å². The number of aliphatic hydroxyl groups is 3. The SMILES string of the molecule is CC(O)C(O)[C@H](C)OC(CO)CNC(=O)CCCCCCCCCCC(=O)O. The molecule has 0 heterocycles. The number of carbonyl (C=O) groups is 2. The number of carboxylic acid groups (broad SMARTS) is 1. The minimum Gasteiger partial charge on any atom is -0.481 e. The molecule has 0 saturated heterocycles. The summed E-state index contributed by atoms with van der Waals surface area (Å²) in [6.45, 7) is 2.93. The van der Waals surface area contributed by atoms with Crippen LogP contribution >= 0.6 is 0 Å². The van der Waals surface area contributed by atoms with E-state index in [9.17, 15) is 24.9 Å². The summed E-state index contributed by atoms with van der Waals surface area (Å²) in [6, 6.07) is 0. The van der Waals surface area contributed by atoms with Crippen molar-refractivity contribution in [3.8, 4) is 0 Å². The van der Waals surface area contributed by atoms with Gasteiger partial charge in [0.15, 0.2) is 0 Å². The molecule has 3 unspecified atom stereocenters. The molecule has 0 bridgehead atoms. The van der Waals surface area contributed by atoms with Crippen LogP contribution in [0.25, 0.3) is 0 Å². The van der Waals surface area contributed by atoms with Crippen molar-refractivity contribution in [3.05, 3.63) is 0 Å². The number of carboxylic acids is 1. The lowest BCUT2D eigenvalue weighted by molar-refractivity contribution is -0.137. The first-order valence-electron chi connectivity index (χ1n) is 10.4. The van der Waals surface area contributed by atoms with Gasteiger partial charge in [-0.1, -0.05) is 38.5 Å². The molecule has 0 saturated carbocycles. The van der Waals surface area contributed by atoms with Crippen molar-refractivity contribution < 1.29 is 34.8 Å². The monoisotopic (exact) mass is 405 g/mol. The van der Waals surface area contributed by atoms with E-state index in [1.54, 1.807) is 6.92 Å². The molecule has 0 aromatic carbocycles. The van der Waals surface area contributed by atoms with Gasteiger partial charge in [-0.2, -0.15) is 0 Å². The third kappa shape index (κ3) is 14.8. The van der Waals surface area contributed by atoms with Crippen LogP contribution in [0.15, 0.2) is 0 Å². The molecule has 0 radical (unpaired) electrons. The van der Waals surface area contributed by atoms with Gasteiger partial charge in [0, 0.05) is 19.4 Å². The van der Waals surface area contributed by atoms with Crippen LogP contribution in [0.3, 0.4) is 0 Å². The highest BCUT2D eigenvalue weighted by atomic mass is 16.5. The van der Waals surface area contributed by atoms with Crippen LogP contribution < -0.4 is 5.32 Å². The second kappa shape index (κ2) is 16.7. The summed E-state index contributed by atoms with van der Waals surface area (Å²) in [5.74, 6) is -0.832. The van der Waals surface area contributed by atoms with E-state index in [4.69, 9.17) is 9.84 Å². The van der Waals surface area contributed by atoms with Gasteiger partial charge in [-0.15, -0.1) is 0 Å². The topological polar surface area (TPSA) is 136 Å². The van der Waals surface area contributed by atoms with E-state index in [0.29, 0.717) is 6.42 Å². The second-order valence-corrected chi connectivity index (χ2v) is 7.40. The predicted molar refractivity (Wildman–Crippen MR) is 106 cm³/mol. The molecule has 0 aromatic heterocycles. The molecule has 0 fully saturated rings. The van der Waals surface area contributed by atoms with E-state index in [1.807, 2.05) is 0 Å². The summed E-state index contributed by atoms with van der Waals surface area (Å²) in [7, 11) is 0. The molecular formula is C20H39NO7. The number of nitrogens with one attached hydrogen (secondary N) is 1. The zero-order valence-corrected chi connectivity index (χ0v) is 17.3. The largest absolute Gasteiger partial charge is 0.481 e. The van der Waals surface area contributed by atoms with Crippen molar-refractivity contribution in [2.24, 2.45) is 0 Å². The van der Waals surface area contributed by atoms with Gasteiger partial charge in [-0.25, -0.2) is 0 Å². The molecule has 8 nitrogen and oxygen atoms in total. The number of ether oxygens (including phenoxy) is 1. The first kappa shape index (κ1) is 26.8. The number of rotatable bonds is 18. The maximum atomic E-state index is 11.9. The molecule has 5 N–H and O–H groups in total. The van der Waals surface area contributed by atoms with E-state index in [-0.39, 0.29) is 25.5 Å². The van der Waals surface area contributed by atoms with Gasteiger partial charge in [0.1, 0.15) is 6.10 Å². The molecule has 0 spiro atoms. The lowest BCUT2D eigenvalue weighted by atomic mass is 10.1. The van der Waals surface area contributed by atoms with Gasteiger partial charge in [0.25, 0.3) is 0 Å². The fourth-order valence-electron chi connectivity index (χ4n) is 2.87. The Morgan fingerprint density at radius 1 is 0.893 bits per heavy atom. The first-order valence-corrected chi connectivity index (χ1v) is 10.4. The number of aliphatic hydroxyl groups excluding tert-OH is 3. The highest BCUT2D eigenvalue weighted by Crippen LogP contribution is 2.11. The van der Waals surface area contributed by atoms with Gasteiger partial charge in [0.2, 0.25) is 5.91 Å². The maximum Gasteiger partial charge on any atom is 0.303 e. The molecule has 1 amide bonds. The average Bonchev–Trinajstić information content (AvgIpc) is 2.65. The molecule has 0 rings (SSSR count). The second-order valence-electron chi connectivity index (χ2n) is 7.40. The molecule has 8 heteroatoms. The predicted octanol–water partition coefficient (Wildman–Crippen LogP) is 1.60. The van der Waals surface area contributed by atoms with Crippen molar-refractivity contribution in [2.75, 3.05) is 13.2 Å². The van der Waals surface area contributed by atoms with Crippen molar-refractivity contribution in [2.45, 2.75) is 102 Å². The van der Waals surface area contributed by atoms with Gasteiger partial charge in [0.05, 0.1) is 24.9 Å². The molecule has 0 aromatic rings. The van der Waals surface area contributed by atoms with Crippen LogP contribution in [0.5, 0.6) is 0 Å². The Hall–Kier alpha value is -1.22. The van der Waals surface area contributed by atoms with Crippen LogP contribution in [0.1, 0.15) is 78.1 Å². The van der Waals surface area contributed by atoms with Crippen molar-refractivity contribution in [3.63, 3.8) is 0 Å². The number of hydrogen-bond acceptors (Lipinski definition) is 6. The Labute approximate surface area is 168 Å². The summed E-state index contributed by atoms with van der Waals surface area (Å²) in [4.78, 5) is 22.3. The van der Waals surface area contributed by atoms with Crippen molar-refractivity contribution >= 4 is 11.9 Å². The number of hydrogen-bond donors (Lipinski definition) is 5. The summed E-state index contributed by atoms with van der Waals surface area (Å²) in [6.07, 6.45) is 5.16. The van der Waals surface area contributed by atoms with Crippen molar-refractivity contribution in [1.29, 1.82) is 0 Å². The van der Waals surface area contributed by atoms with Gasteiger partial charge >= 0.3 is 5.97 Å². The first-order chi connectivity index (χ1) is 13.3. The zero-order valence-electron chi connectivity index (χ0n) is 17.3. The molecule has 4 atom stereocenters. The van der Waals surface area contributed by atoms with E-state index >= 15 is 0 Å². The molecule has 0 aliphatic heterocycles. The number of amides is 1. The Kier molecular flexibility index (Phi) is 16.0. The smallest absolute Gasteiger partial charge is 0.303 e. The molecule has 166 valence electrons. The quantitative estimate of drug-likeness (QED) is 0.218. The Balaban J connectivity index is 3.68. The van der Waals surface area contributed by atoms with Crippen LogP contribution in [0.4, 0.5) is 0 Å². The average molecular weight is 406 g/mol. The standard InChI is InChI=1S/C20H39NO7/c1-15(23)20(27)16(2)28-17(14-22)13-21-18(24)11-9-7-5-3-4-6-8-10-12-19(25)26/h15-17,20,22-23,27H,3-14H2,1-2H3,(H,21,24)(H,25,26)/t15?,16-,17?,20?/m0/s1. The normalized spacial score (nSPS) is 15.6. The van der Waals surface area contributed by atoms with Crippen molar-refractivity contribution in [1.82, 2.24) is 5.32 Å². The molecule has 28 heavy (non-hydrogen) atoms. The minimum absolute atomic E-state index is 0.0977. The number of aliphatic carboxylic acids is 1. The fraction of sp³-hybridized carbons (Fsp3) is 0.900. The Bertz CT molecular complexity index is 417. The summed E-state index contributed by atoms with van der Waals surface area (Å²) in [5.41, 5.74) is 0. The third-order valence-electron chi connectivity index (χ3n) is 4.66. The summed E-state index contributed by atoms with van der Waals surface area (Å²) < 4.78 is 5.48. The van der Waals surface area contributed by atoms with E-state index in [0.717, 1.165) is 51.4 Å². The van der Waals surface area contributed by atoms with E-state index < -0.39 is 30.4 Å². The Morgan fingerprint density at radius 2 is 1.39 bits per heavy atom. The van der Waals surface area contributed by atoms with Crippen LogP contribution in [-0.4, -0.2) is 69.9 Å². The maximum absolute atomic E-state index is 11.9. The number of unbranched alkanes of at least 4 members (excludes halogenated alkanes) is 7. The lowest BCUT2D eigenvalue weighted by Gasteiger charge is -2.26.